The van der Waals surface area contributed by atoms with Crippen LogP contribution in [-0.2, 0) is 13.1 Å². The number of rotatable bonds is 5. The lowest BCUT2D eigenvalue weighted by Crippen LogP contribution is -2.38. The second-order valence-corrected chi connectivity index (χ2v) is 7.49. The fraction of sp³-hybridized carbons (Fsp3) is 0.273. The van der Waals surface area contributed by atoms with Gasteiger partial charge in [-0.05, 0) is 41.1 Å². The third kappa shape index (κ3) is 3.63. The number of urea groups is 1. The molecule has 0 N–H and O–H groups in total. The number of pyridine rings is 1. The Kier molecular flexibility index (Phi) is 5.22. The number of ether oxygens (including phenoxy) is 1. The van der Waals surface area contributed by atoms with Gasteiger partial charge in [0.15, 0.2) is 5.65 Å². The van der Waals surface area contributed by atoms with Crippen molar-refractivity contribution in [3.63, 3.8) is 0 Å². The molecule has 0 aliphatic rings. The van der Waals surface area contributed by atoms with Gasteiger partial charge in [-0.15, -0.1) is 5.10 Å². The van der Waals surface area contributed by atoms with Crippen LogP contribution in [0, 0.1) is 6.92 Å². The highest BCUT2D eigenvalue weighted by Crippen LogP contribution is 2.24. The monoisotopic (exact) mass is 404 g/mol. The van der Waals surface area contributed by atoms with E-state index in [2.05, 4.69) is 33.7 Å². The van der Waals surface area contributed by atoms with Crippen LogP contribution in [0.1, 0.15) is 16.7 Å². The number of nitrogens with zero attached hydrogens (tertiary/aromatic N) is 6. The highest BCUT2D eigenvalue weighted by Gasteiger charge is 2.21. The van der Waals surface area contributed by atoms with E-state index in [1.54, 1.807) is 35.5 Å². The maximum Gasteiger partial charge on any atom is 0.320 e. The summed E-state index contributed by atoms with van der Waals surface area (Å²) in [6.07, 6.45) is 0. The molecule has 0 bridgehead atoms. The van der Waals surface area contributed by atoms with Crippen LogP contribution in [0.25, 0.3) is 16.6 Å². The van der Waals surface area contributed by atoms with Gasteiger partial charge in [-0.25, -0.2) is 4.79 Å². The Morgan fingerprint density at radius 3 is 2.60 bits per heavy atom. The molecule has 0 saturated heterocycles. The van der Waals surface area contributed by atoms with Crippen LogP contribution in [0.2, 0.25) is 0 Å². The first kappa shape index (κ1) is 19.6. The van der Waals surface area contributed by atoms with Crippen LogP contribution in [0.4, 0.5) is 4.79 Å². The molecular formula is C22H24N6O2. The molecule has 0 unspecified atom stereocenters. The number of hydrogen-bond acceptors (Lipinski definition) is 5. The Bertz CT molecular complexity index is 1220. The van der Waals surface area contributed by atoms with Crippen LogP contribution in [0.15, 0.2) is 48.5 Å². The van der Waals surface area contributed by atoms with Crippen molar-refractivity contribution in [3.05, 3.63) is 65.2 Å². The summed E-state index contributed by atoms with van der Waals surface area (Å²) in [6.45, 7) is 2.80. The number of methoxy groups -OCH3 is 1. The number of hydrogen-bond donors (Lipinski definition) is 0. The predicted molar refractivity (Wildman–Crippen MR) is 114 cm³/mol. The second-order valence-electron chi connectivity index (χ2n) is 7.49. The summed E-state index contributed by atoms with van der Waals surface area (Å²) in [6, 6.07) is 15.8. The van der Waals surface area contributed by atoms with E-state index in [9.17, 15) is 4.79 Å². The minimum absolute atomic E-state index is 0.101. The Morgan fingerprint density at radius 2 is 1.83 bits per heavy atom. The van der Waals surface area contributed by atoms with E-state index >= 15 is 0 Å². The average Bonchev–Trinajstić information content (AvgIpc) is 3.24. The van der Waals surface area contributed by atoms with Gasteiger partial charge in [0.1, 0.15) is 5.75 Å². The van der Waals surface area contributed by atoms with E-state index in [1.807, 2.05) is 37.3 Å². The largest absolute Gasteiger partial charge is 0.496 e. The number of amides is 2. The van der Waals surface area contributed by atoms with Gasteiger partial charge in [0, 0.05) is 30.6 Å². The van der Waals surface area contributed by atoms with Gasteiger partial charge < -0.3 is 14.5 Å². The molecule has 2 amide bonds. The quantitative estimate of drug-likeness (QED) is 0.510. The maximum atomic E-state index is 13.0. The Morgan fingerprint density at radius 1 is 1.07 bits per heavy atom. The summed E-state index contributed by atoms with van der Waals surface area (Å²) in [7, 11) is 5.12. The molecule has 154 valence electrons. The van der Waals surface area contributed by atoms with Crippen LogP contribution in [-0.4, -0.2) is 57.1 Å². The van der Waals surface area contributed by atoms with Crippen LogP contribution in [0.3, 0.4) is 0 Å². The zero-order valence-corrected chi connectivity index (χ0v) is 17.5. The number of tetrazole rings is 1. The number of aromatic nitrogens is 4. The Labute approximate surface area is 174 Å². The molecular weight excluding hydrogens is 380 g/mol. The zero-order chi connectivity index (χ0) is 21.3. The lowest BCUT2D eigenvalue weighted by molar-refractivity contribution is 0.165. The molecule has 30 heavy (non-hydrogen) atoms. The van der Waals surface area contributed by atoms with Crippen molar-refractivity contribution in [1.82, 2.24) is 29.8 Å². The number of para-hydroxylation sites is 1. The molecule has 8 nitrogen and oxygen atoms in total. The lowest BCUT2D eigenvalue weighted by Gasteiger charge is -2.27. The van der Waals surface area contributed by atoms with Crippen molar-refractivity contribution in [2.75, 3.05) is 21.2 Å². The molecule has 0 saturated carbocycles. The number of carbonyl (C=O) groups is 1. The summed E-state index contributed by atoms with van der Waals surface area (Å²) in [5.41, 5.74) is 4.52. The van der Waals surface area contributed by atoms with Crippen LogP contribution < -0.4 is 4.74 Å². The van der Waals surface area contributed by atoms with E-state index in [-0.39, 0.29) is 6.03 Å². The summed E-state index contributed by atoms with van der Waals surface area (Å²) in [4.78, 5) is 16.3. The first-order chi connectivity index (χ1) is 14.5. The number of carbonyl (C=O) groups excluding carboxylic acids is 1. The first-order valence-electron chi connectivity index (χ1n) is 9.66. The maximum absolute atomic E-state index is 13.0. The number of benzene rings is 2. The van der Waals surface area contributed by atoms with E-state index in [0.29, 0.717) is 18.7 Å². The predicted octanol–water partition coefficient (Wildman–Crippen LogP) is 3.28. The molecule has 2 heterocycles. The average molecular weight is 404 g/mol. The van der Waals surface area contributed by atoms with Gasteiger partial charge in [-0.3, -0.25) is 0 Å². The molecule has 2 aromatic heterocycles. The molecule has 4 rings (SSSR count). The summed E-state index contributed by atoms with van der Waals surface area (Å²) in [5, 5.41) is 13.3. The first-order valence-corrected chi connectivity index (χ1v) is 9.66. The van der Waals surface area contributed by atoms with Crippen molar-refractivity contribution >= 4 is 22.6 Å². The van der Waals surface area contributed by atoms with Crippen molar-refractivity contribution in [2.24, 2.45) is 0 Å². The van der Waals surface area contributed by atoms with Crippen LogP contribution >= 0.6 is 0 Å². The third-order valence-corrected chi connectivity index (χ3v) is 5.07. The molecule has 4 aromatic rings. The van der Waals surface area contributed by atoms with Crippen molar-refractivity contribution in [2.45, 2.75) is 20.0 Å². The Hall–Kier alpha value is -3.68. The van der Waals surface area contributed by atoms with Crippen molar-refractivity contribution in [3.8, 4) is 5.75 Å². The molecule has 0 aliphatic heterocycles. The molecule has 2 aromatic carbocycles. The number of aryl methyl sites for hydroxylation is 1. The summed E-state index contributed by atoms with van der Waals surface area (Å²) < 4.78 is 7.21. The Balaban J connectivity index is 1.77. The zero-order valence-electron chi connectivity index (χ0n) is 17.5. The van der Waals surface area contributed by atoms with Gasteiger partial charge in [0.05, 0.1) is 25.7 Å². The normalized spacial score (nSPS) is 11.1. The SMILES string of the molecule is COc1ccccc1CN(Cc1cc2ccc(C)cc2n2nnnc12)C(=O)N(C)C. The third-order valence-electron chi connectivity index (χ3n) is 5.07. The highest BCUT2D eigenvalue weighted by atomic mass is 16.5. The van der Waals surface area contributed by atoms with Crippen molar-refractivity contribution < 1.29 is 9.53 Å². The van der Waals surface area contributed by atoms with Crippen molar-refractivity contribution in [1.29, 1.82) is 0 Å². The fourth-order valence-electron chi connectivity index (χ4n) is 3.60. The molecule has 0 fully saturated rings. The van der Waals surface area contributed by atoms with E-state index in [0.717, 1.165) is 33.3 Å². The molecule has 0 atom stereocenters. The lowest BCUT2D eigenvalue weighted by atomic mass is 10.1. The van der Waals surface area contributed by atoms with Gasteiger partial charge in [0.2, 0.25) is 0 Å². The summed E-state index contributed by atoms with van der Waals surface area (Å²) in [5.74, 6) is 0.748. The number of fused-ring (bicyclic) bond motifs is 3. The molecule has 0 radical (unpaired) electrons. The fourth-order valence-corrected chi connectivity index (χ4v) is 3.60. The highest BCUT2D eigenvalue weighted by molar-refractivity contribution is 5.84. The second kappa shape index (κ2) is 7.98. The van der Waals surface area contributed by atoms with Crippen LogP contribution in [0.5, 0.6) is 5.75 Å². The van der Waals surface area contributed by atoms with E-state index < -0.39 is 0 Å². The molecule has 8 heteroatoms. The van der Waals surface area contributed by atoms with E-state index in [4.69, 9.17) is 4.74 Å². The van der Waals surface area contributed by atoms with Gasteiger partial charge in [-0.1, -0.05) is 30.3 Å². The molecule has 0 spiro atoms. The topological polar surface area (TPSA) is 75.9 Å². The van der Waals surface area contributed by atoms with Gasteiger partial charge in [-0.2, -0.15) is 4.52 Å². The van der Waals surface area contributed by atoms with Gasteiger partial charge >= 0.3 is 6.03 Å². The van der Waals surface area contributed by atoms with E-state index in [1.165, 1.54) is 0 Å². The summed E-state index contributed by atoms with van der Waals surface area (Å²) >= 11 is 0. The minimum Gasteiger partial charge on any atom is -0.496 e. The standard InChI is InChI=1S/C22H24N6O2/c1-15-9-10-16-12-18(21-23-24-25-28(21)19(16)11-15)14-27(22(29)26(2)3)13-17-7-5-6-8-20(17)30-4/h5-12H,13-14H2,1-4H3. The molecule has 0 aliphatic carbocycles. The smallest absolute Gasteiger partial charge is 0.320 e. The minimum atomic E-state index is -0.101. The van der Waals surface area contributed by atoms with Gasteiger partial charge in [0.25, 0.3) is 0 Å².